The van der Waals surface area contributed by atoms with Crippen molar-refractivity contribution >= 4 is 29.1 Å². The first-order chi connectivity index (χ1) is 7.20. The van der Waals surface area contributed by atoms with Gasteiger partial charge >= 0.3 is 0 Å². The van der Waals surface area contributed by atoms with Crippen LogP contribution in [0.2, 0.25) is 10.0 Å². The number of carbonyl (C=O) groups excluding carboxylic acids is 1. The maximum Gasteiger partial charge on any atom is 0.278 e. The second kappa shape index (κ2) is 4.39. The van der Waals surface area contributed by atoms with Gasteiger partial charge in [0.25, 0.3) is 5.91 Å². The van der Waals surface area contributed by atoms with E-state index in [1.54, 1.807) is 18.2 Å². The van der Waals surface area contributed by atoms with Crippen LogP contribution in [0, 0.1) is 0 Å². The molecule has 0 aromatic heterocycles. The minimum Gasteiger partial charge on any atom is -0.271 e. The maximum absolute atomic E-state index is 11.9. The van der Waals surface area contributed by atoms with Gasteiger partial charge in [-0.1, -0.05) is 29.3 Å². The van der Waals surface area contributed by atoms with E-state index in [2.05, 4.69) is 0 Å². The zero-order valence-electron chi connectivity index (χ0n) is 7.87. The fourth-order valence-corrected chi connectivity index (χ4v) is 1.79. The molecule has 0 bridgehead atoms. The second-order valence-electron chi connectivity index (χ2n) is 3.20. The van der Waals surface area contributed by atoms with Crippen LogP contribution in [-0.4, -0.2) is 24.1 Å². The lowest BCUT2D eigenvalue weighted by molar-refractivity contribution is -0.0768. The van der Waals surface area contributed by atoms with E-state index in [4.69, 9.17) is 28.0 Å². The van der Waals surface area contributed by atoms with Crippen LogP contribution in [0.15, 0.2) is 18.2 Å². The van der Waals surface area contributed by atoms with E-state index in [1.165, 1.54) is 5.06 Å². The molecule has 80 valence electrons. The Morgan fingerprint density at radius 1 is 1.40 bits per heavy atom. The highest BCUT2D eigenvalue weighted by Crippen LogP contribution is 2.27. The van der Waals surface area contributed by atoms with Crippen LogP contribution in [0.4, 0.5) is 0 Å². The number of hydroxylamine groups is 2. The minimum absolute atomic E-state index is 0.236. The van der Waals surface area contributed by atoms with E-state index in [1.807, 2.05) is 0 Å². The van der Waals surface area contributed by atoms with Gasteiger partial charge in [-0.2, -0.15) is 0 Å². The number of benzene rings is 1. The van der Waals surface area contributed by atoms with E-state index in [0.29, 0.717) is 23.7 Å². The van der Waals surface area contributed by atoms with E-state index < -0.39 is 0 Å². The number of hydrogen-bond acceptors (Lipinski definition) is 2. The Bertz CT molecular complexity index is 389. The number of carbonyl (C=O) groups is 1. The highest BCUT2D eigenvalue weighted by atomic mass is 35.5. The van der Waals surface area contributed by atoms with Crippen molar-refractivity contribution in [3.05, 3.63) is 33.8 Å². The Morgan fingerprint density at radius 3 is 2.87 bits per heavy atom. The summed E-state index contributed by atoms with van der Waals surface area (Å²) in [4.78, 5) is 17.0. The Labute approximate surface area is 97.5 Å². The number of nitrogens with zero attached hydrogens (tertiary/aromatic N) is 1. The van der Waals surface area contributed by atoms with Crippen molar-refractivity contribution in [3.63, 3.8) is 0 Å². The van der Waals surface area contributed by atoms with Crippen LogP contribution in [-0.2, 0) is 4.84 Å². The molecule has 1 fully saturated rings. The predicted octanol–water partition coefficient (Wildman–Crippen LogP) is 2.77. The standard InChI is InChI=1S/C10H9Cl2NO2/c11-8-4-1-3-7(9(8)12)10(14)13-5-2-6-15-13/h1,3-4H,2,5-6H2. The summed E-state index contributed by atoms with van der Waals surface area (Å²) in [7, 11) is 0. The molecule has 0 aliphatic carbocycles. The van der Waals surface area contributed by atoms with Crippen LogP contribution >= 0.6 is 23.2 Å². The zero-order chi connectivity index (χ0) is 10.8. The molecule has 0 radical (unpaired) electrons. The topological polar surface area (TPSA) is 29.5 Å². The van der Waals surface area contributed by atoms with Gasteiger partial charge in [-0.3, -0.25) is 9.63 Å². The molecule has 0 N–H and O–H groups in total. The van der Waals surface area contributed by atoms with Gasteiger partial charge in [-0.05, 0) is 18.6 Å². The molecule has 1 aliphatic heterocycles. The molecule has 0 spiro atoms. The van der Waals surface area contributed by atoms with Gasteiger partial charge in [0.05, 0.1) is 28.8 Å². The van der Waals surface area contributed by atoms with Crippen LogP contribution in [0.5, 0.6) is 0 Å². The summed E-state index contributed by atoms with van der Waals surface area (Å²) in [6.45, 7) is 1.17. The normalized spacial score (nSPS) is 15.7. The monoisotopic (exact) mass is 245 g/mol. The zero-order valence-corrected chi connectivity index (χ0v) is 9.38. The molecule has 1 aromatic carbocycles. The number of amides is 1. The lowest BCUT2D eigenvalue weighted by atomic mass is 10.2. The molecular formula is C10H9Cl2NO2. The fraction of sp³-hybridized carbons (Fsp3) is 0.300. The summed E-state index contributed by atoms with van der Waals surface area (Å²) < 4.78 is 0. The average molecular weight is 246 g/mol. The first-order valence-electron chi connectivity index (χ1n) is 4.59. The Balaban J connectivity index is 2.28. The van der Waals surface area contributed by atoms with Crippen molar-refractivity contribution in [2.24, 2.45) is 0 Å². The summed E-state index contributed by atoms with van der Waals surface area (Å²) in [6.07, 6.45) is 0.851. The highest BCUT2D eigenvalue weighted by Gasteiger charge is 2.23. The summed E-state index contributed by atoms with van der Waals surface area (Å²) in [5.41, 5.74) is 0.381. The molecule has 1 aromatic rings. The minimum atomic E-state index is -0.236. The average Bonchev–Trinajstić information content (AvgIpc) is 2.74. The van der Waals surface area contributed by atoms with Crippen molar-refractivity contribution in [2.45, 2.75) is 6.42 Å². The third kappa shape index (κ3) is 2.09. The third-order valence-electron chi connectivity index (χ3n) is 2.16. The molecule has 0 atom stereocenters. The first kappa shape index (κ1) is 10.7. The molecule has 2 rings (SSSR count). The lowest BCUT2D eigenvalue weighted by Crippen LogP contribution is -2.26. The molecule has 1 aliphatic rings. The van der Waals surface area contributed by atoms with Gasteiger partial charge < -0.3 is 0 Å². The van der Waals surface area contributed by atoms with Crippen LogP contribution < -0.4 is 0 Å². The van der Waals surface area contributed by atoms with Gasteiger partial charge in [0.2, 0.25) is 0 Å². The van der Waals surface area contributed by atoms with Crippen molar-refractivity contribution in [2.75, 3.05) is 13.2 Å². The molecule has 0 unspecified atom stereocenters. The molecule has 15 heavy (non-hydrogen) atoms. The van der Waals surface area contributed by atoms with E-state index in [-0.39, 0.29) is 10.9 Å². The Hall–Kier alpha value is -0.770. The number of halogens is 2. The molecule has 1 heterocycles. The fourth-order valence-electron chi connectivity index (χ4n) is 1.41. The van der Waals surface area contributed by atoms with Gasteiger partial charge in [0.15, 0.2) is 0 Å². The van der Waals surface area contributed by atoms with Gasteiger partial charge in [-0.25, -0.2) is 5.06 Å². The smallest absolute Gasteiger partial charge is 0.271 e. The summed E-state index contributed by atoms with van der Waals surface area (Å²) >= 11 is 11.8. The van der Waals surface area contributed by atoms with Crippen molar-refractivity contribution in [1.29, 1.82) is 0 Å². The van der Waals surface area contributed by atoms with Crippen molar-refractivity contribution < 1.29 is 9.63 Å². The SMILES string of the molecule is O=C(c1cccc(Cl)c1Cl)N1CCCO1. The first-order valence-corrected chi connectivity index (χ1v) is 5.34. The highest BCUT2D eigenvalue weighted by molar-refractivity contribution is 6.43. The molecule has 0 saturated carbocycles. The van der Waals surface area contributed by atoms with E-state index >= 15 is 0 Å². The van der Waals surface area contributed by atoms with Gasteiger partial charge in [-0.15, -0.1) is 0 Å². The Kier molecular flexibility index (Phi) is 3.14. The largest absolute Gasteiger partial charge is 0.278 e. The van der Waals surface area contributed by atoms with E-state index in [0.717, 1.165) is 6.42 Å². The van der Waals surface area contributed by atoms with Crippen LogP contribution in [0.1, 0.15) is 16.8 Å². The van der Waals surface area contributed by atoms with Gasteiger partial charge in [0, 0.05) is 0 Å². The number of hydrogen-bond donors (Lipinski definition) is 0. The van der Waals surface area contributed by atoms with Crippen molar-refractivity contribution in [1.82, 2.24) is 5.06 Å². The van der Waals surface area contributed by atoms with Crippen molar-refractivity contribution in [3.8, 4) is 0 Å². The summed E-state index contributed by atoms with van der Waals surface area (Å²) in [5, 5.41) is 1.97. The Morgan fingerprint density at radius 2 is 2.20 bits per heavy atom. The van der Waals surface area contributed by atoms with Crippen LogP contribution in [0.25, 0.3) is 0 Å². The molecule has 5 heteroatoms. The summed E-state index contributed by atoms with van der Waals surface area (Å²) in [6, 6.07) is 4.97. The second-order valence-corrected chi connectivity index (χ2v) is 3.98. The molecular weight excluding hydrogens is 237 g/mol. The quantitative estimate of drug-likeness (QED) is 0.762. The summed E-state index contributed by atoms with van der Waals surface area (Å²) in [5.74, 6) is -0.236. The van der Waals surface area contributed by atoms with Crippen LogP contribution in [0.3, 0.4) is 0 Å². The molecule has 1 saturated heterocycles. The van der Waals surface area contributed by atoms with Gasteiger partial charge in [0.1, 0.15) is 0 Å². The molecule has 3 nitrogen and oxygen atoms in total. The van der Waals surface area contributed by atoms with E-state index in [9.17, 15) is 4.79 Å². The molecule has 1 amide bonds. The maximum atomic E-state index is 11.9. The third-order valence-corrected chi connectivity index (χ3v) is 2.98. The predicted molar refractivity (Wildman–Crippen MR) is 58.1 cm³/mol. The number of rotatable bonds is 1. The lowest BCUT2D eigenvalue weighted by Gasteiger charge is -2.14.